The molecule has 33 heavy (non-hydrogen) atoms. The van der Waals surface area contributed by atoms with Crippen LogP contribution in [-0.2, 0) is 9.59 Å². The van der Waals surface area contributed by atoms with Crippen molar-refractivity contribution >= 4 is 56.3 Å². The molecule has 0 bridgehead atoms. The third kappa shape index (κ3) is 4.34. The van der Waals surface area contributed by atoms with E-state index in [2.05, 4.69) is 18.3 Å². The number of hydrogen-bond donors (Lipinski definition) is 1. The van der Waals surface area contributed by atoms with E-state index in [1.54, 1.807) is 11.3 Å². The summed E-state index contributed by atoms with van der Waals surface area (Å²) in [5, 5.41) is 3.75. The van der Waals surface area contributed by atoms with Crippen molar-refractivity contribution in [2.75, 3.05) is 16.8 Å². The zero-order valence-electron chi connectivity index (χ0n) is 17.6. The standard InChI is InChI=1S/C25H19ClFN3O2S/c1-14-2-9-21-22(10-14)33-25(29-21)15-3-5-17(6-4-15)28-24(32)16-11-23(31)30(13-16)18-7-8-20(27)19(26)12-18/h2-10,12,16H,11,13H2,1H3,(H,28,32). The van der Waals surface area contributed by atoms with Crippen LogP contribution in [0.5, 0.6) is 0 Å². The molecule has 2 heterocycles. The number of amides is 2. The maximum atomic E-state index is 13.4. The van der Waals surface area contributed by atoms with E-state index in [0.29, 0.717) is 11.4 Å². The molecule has 1 saturated heterocycles. The van der Waals surface area contributed by atoms with Crippen molar-refractivity contribution < 1.29 is 14.0 Å². The van der Waals surface area contributed by atoms with Crippen LogP contribution in [0.2, 0.25) is 5.02 Å². The minimum Gasteiger partial charge on any atom is -0.326 e. The number of aromatic nitrogens is 1. The Morgan fingerprint density at radius 3 is 2.70 bits per heavy atom. The molecule has 166 valence electrons. The summed E-state index contributed by atoms with van der Waals surface area (Å²) in [5.74, 6) is -1.49. The number of benzene rings is 3. The summed E-state index contributed by atoms with van der Waals surface area (Å²) in [7, 11) is 0. The summed E-state index contributed by atoms with van der Waals surface area (Å²) < 4.78 is 14.6. The Hall–Kier alpha value is -3.29. The molecule has 1 fully saturated rings. The Kier molecular flexibility index (Phi) is 5.60. The highest BCUT2D eigenvalue weighted by Crippen LogP contribution is 2.32. The number of anilines is 2. The number of aryl methyl sites for hydroxylation is 1. The fraction of sp³-hybridized carbons (Fsp3) is 0.160. The highest BCUT2D eigenvalue weighted by Gasteiger charge is 2.35. The largest absolute Gasteiger partial charge is 0.326 e. The lowest BCUT2D eigenvalue weighted by Gasteiger charge is -2.17. The maximum Gasteiger partial charge on any atom is 0.229 e. The summed E-state index contributed by atoms with van der Waals surface area (Å²) in [6.45, 7) is 2.28. The van der Waals surface area contributed by atoms with Crippen molar-refractivity contribution in [1.82, 2.24) is 4.98 Å². The molecule has 1 aliphatic rings. The minimum atomic E-state index is -0.550. The molecule has 1 N–H and O–H groups in total. The van der Waals surface area contributed by atoms with Crippen molar-refractivity contribution in [2.24, 2.45) is 5.92 Å². The van der Waals surface area contributed by atoms with E-state index < -0.39 is 11.7 Å². The lowest BCUT2D eigenvalue weighted by atomic mass is 10.1. The SMILES string of the molecule is Cc1ccc2nc(-c3ccc(NC(=O)C4CC(=O)N(c5ccc(F)c(Cl)c5)C4)cc3)sc2c1. The molecular weight excluding hydrogens is 461 g/mol. The molecule has 3 aromatic carbocycles. The van der Waals surface area contributed by atoms with E-state index in [0.717, 1.165) is 20.8 Å². The molecule has 2 amide bonds. The molecule has 0 saturated carbocycles. The first-order valence-corrected chi connectivity index (χ1v) is 11.6. The Bertz CT molecular complexity index is 1390. The number of nitrogens with zero attached hydrogens (tertiary/aromatic N) is 2. The Labute approximate surface area is 198 Å². The first kappa shape index (κ1) is 21.6. The average molecular weight is 480 g/mol. The summed E-state index contributed by atoms with van der Waals surface area (Å²) in [6.07, 6.45) is 0.0873. The van der Waals surface area contributed by atoms with Gasteiger partial charge in [0.15, 0.2) is 0 Å². The number of carbonyl (C=O) groups is 2. The molecule has 1 aromatic heterocycles. The van der Waals surface area contributed by atoms with Gasteiger partial charge in [0.05, 0.1) is 21.2 Å². The highest BCUT2D eigenvalue weighted by atomic mass is 35.5. The molecule has 8 heteroatoms. The topological polar surface area (TPSA) is 62.3 Å². The highest BCUT2D eigenvalue weighted by molar-refractivity contribution is 7.21. The number of fused-ring (bicyclic) bond motifs is 1. The first-order chi connectivity index (χ1) is 15.9. The molecule has 4 aromatic rings. The zero-order chi connectivity index (χ0) is 23.1. The molecule has 1 aliphatic heterocycles. The summed E-state index contributed by atoms with van der Waals surface area (Å²) in [6, 6.07) is 17.8. The van der Waals surface area contributed by atoms with Gasteiger partial charge in [-0.3, -0.25) is 9.59 Å². The van der Waals surface area contributed by atoms with E-state index >= 15 is 0 Å². The van der Waals surface area contributed by atoms with Crippen LogP contribution in [0.3, 0.4) is 0 Å². The number of nitrogens with one attached hydrogen (secondary N) is 1. The van der Waals surface area contributed by atoms with Gasteiger partial charge in [0.2, 0.25) is 11.8 Å². The van der Waals surface area contributed by atoms with Gasteiger partial charge in [0.1, 0.15) is 10.8 Å². The lowest BCUT2D eigenvalue weighted by Crippen LogP contribution is -2.28. The van der Waals surface area contributed by atoms with Gasteiger partial charge in [-0.2, -0.15) is 0 Å². The van der Waals surface area contributed by atoms with Gasteiger partial charge in [-0.15, -0.1) is 11.3 Å². The van der Waals surface area contributed by atoms with Crippen LogP contribution >= 0.6 is 22.9 Å². The number of carbonyl (C=O) groups excluding carboxylic acids is 2. The number of rotatable bonds is 4. The van der Waals surface area contributed by atoms with E-state index in [-0.39, 0.29) is 29.8 Å². The smallest absolute Gasteiger partial charge is 0.229 e. The second-order valence-electron chi connectivity index (χ2n) is 8.06. The fourth-order valence-electron chi connectivity index (χ4n) is 3.88. The normalized spacial score (nSPS) is 15.9. The molecule has 0 spiro atoms. The fourth-order valence-corrected chi connectivity index (χ4v) is 5.13. The Balaban J connectivity index is 1.27. The summed E-state index contributed by atoms with van der Waals surface area (Å²) >= 11 is 7.47. The molecule has 1 atom stereocenters. The van der Waals surface area contributed by atoms with Crippen LogP contribution in [0, 0.1) is 18.7 Å². The number of halogens is 2. The zero-order valence-corrected chi connectivity index (χ0v) is 19.2. The molecule has 0 radical (unpaired) electrons. The second-order valence-corrected chi connectivity index (χ2v) is 9.50. The molecule has 5 nitrogen and oxygen atoms in total. The third-order valence-corrected chi connectivity index (χ3v) is 7.01. The average Bonchev–Trinajstić information content (AvgIpc) is 3.39. The molecule has 0 aliphatic carbocycles. The Morgan fingerprint density at radius 1 is 1.15 bits per heavy atom. The van der Waals surface area contributed by atoms with Crippen molar-refractivity contribution in [3.63, 3.8) is 0 Å². The number of hydrogen-bond acceptors (Lipinski definition) is 4. The monoisotopic (exact) mass is 479 g/mol. The van der Waals surface area contributed by atoms with E-state index in [9.17, 15) is 14.0 Å². The first-order valence-electron chi connectivity index (χ1n) is 10.4. The van der Waals surface area contributed by atoms with Gasteiger partial charge >= 0.3 is 0 Å². The Morgan fingerprint density at radius 2 is 1.94 bits per heavy atom. The minimum absolute atomic E-state index is 0.0587. The van der Waals surface area contributed by atoms with Gasteiger partial charge in [0, 0.05) is 29.9 Å². The predicted molar refractivity (Wildman–Crippen MR) is 130 cm³/mol. The van der Waals surface area contributed by atoms with Gasteiger partial charge < -0.3 is 10.2 Å². The van der Waals surface area contributed by atoms with Gasteiger partial charge in [-0.05, 0) is 67.1 Å². The number of thiazole rings is 1. The van der Waals surface area contributed by atoms with Crippen LogP contribution in [0.4, 0.5) is 15.8 Å². The van der Waals surface area contributed by atoms with Crippen LogP contribution in [0.1, 0.15) is 12.0 Å². The van der Waals surface area contributed by atoms with E-state index in [1.807, 2.05) is 36.4 Å². The van der Waals surface area contributed by atoms with Crippen molar-refractivity contribution in [3.8, 4) is 10.6 Å². The van der Waals surface area contributed by atoms with Crippen LogP contribution in [-0.4, -0.2) is 23.3 Å². The third-order valence-electron chi connectivity index (χ3n) is 5.65. The quantitative estimate of drug-likeness (QED) is 0.387. The maximum absolute atomic E-state index is 13.4. The van der Waals surface area contributed by atoms with Gasteiger partial charge in [-0.25, -0.2) is 9.37 Å². The van der Waals surface area contributed by atoms with E-state index in [4.69, 9.17) is 16.6 Å². The van der Waals surface area contributed by atoms with Crippen molar-refractivity contribution in [1.29, 1.82) is 0 Å². The van der Waals surface area contributed by atoms with Crippen molar-refractivity contribution in [3.05, 3.63) is 77.1 Å². The predicted octanol–water partition coefficient (Wildman–Crippen LogP) is 6.06. The second kappa shape index (κ2) is 8.57. The summed E-state index contributed by atoms with van der Waals surface area (Å²) in [5.41, 5.74) is 4.27. The van der Waals surface area contributed by atoms with Crippen molar-refractivity contribution in [2.45, 2.75) is 13.3 Å². The molecule has 5 rings (SSSR count). The molecule has 1 unspecified atom stereocenters. The van der Waals surface area contributed by atoms with Gasteiger partial charge in [0.25, 0.3) is 0 Å². The summed E-state index contributed by atoms with van der Waals surface area (Å²) in [4.78, 5) is 31.4. The van der Waals surface area contributed by atoms with Crippen LogP contribution in [0.15, 0.2) is 60.7 Å². The van der Waals surface area contributed by atoms with Crippen LogP contribution < -0.4 is 10.2 Å². The lowest BCUT2D eigenvalue weighted by molar-refractivity contribution is -0.122. The van der Waals surface area contributed by atoms with Crippen LogP contribution in [0.25, 0.3) is 20.8 Å². The molecular formula is C25H19ClFN3O2S. The van der Waals surface area contributed by atoms with Gasteiger partial charge in [-0.1, -0.05) is 17.7 Å². The van der Waals surface area contributed by atoms with E-state index in [1.165, 1.54) is 28.7 Å².